The van der Waals surface area contributed by atoms with E-state index >= 15 is 0 Å². The van der Waals surface area contributed by atoms with Crippen LogP contribution in [0.2, 0.25) is 0 Å². The van der Waals surface area contributed by atoms with Crippen molar-refractivity contribution >= 4 is 29.0 Å². The lowest BCUT2D eigenvalue weighted by molar-refractivity contribution is 0.286. The van der Waals surface area contributed by atoms with E-state index in [0.29, 0.717) is 5.92 Å². The van der Waals surface area contributed by atoms with E-state index in [9.17, 15) is 0 Å². The molecule has 0 aromatic heterocycles. The molecule has 5 rings (SSSR count). The Balaban J connectivity index is 0.000000223. The number of hydrogen-bond donors (Lipinski definition) is 0. The fourth-order valence-electron chi connectivity index (χ4n) is 3.76. The van der Waals surface area contributed by atoms with Gasteiger partial charge in [-0.2, -0.15) is 0 Å². The molecule has 0 fully saturated rings. The highest BCUT2D eigenvalue weighted by Gasteiger charge is 2.09. The number of benzene rings is 2. The van der Waals surface area contributed by atoms with Gasteiger partial charge < -0.3 is 4.74 Å². The van der Waals surface area contributed by atoms with E-state index in [2.05, 4.69) is 55.5 Å². The van der Waals surface area contributed by atoms with Gasteiger partial charge in [0.25, 0.3) is 0 Å². The fourth-order valence-corrected chi connectivity index (χ4v) is 3.76. The lowest BCUT2D eigenvalue weighted by Gasteiger charge is -2.14. The maximum absolute atomic E-state index is 4.80. The number of rotatable bonds is 0. The van der Waals surface area contributed by atoms with Crippen molar-refractivity contribution in [2.45, 2.75) is 26.2 Å². The van der Waals surface area contributed by atoms with Gasteiger partial charge in [-0.05, 0) is 69.7 Å². The second-order valence-electron chi connectivity index (χ2n) is 6.87. The van der Waals surface area contributed by atoms with Crippen LogP contribution in [0.4, 0.5) is 0 Å². The zero-order valence-corrected chi connectivity index (χ0v) is 14.7. The Bertz CT molecular complexity index is 977. The van der Waals surface area contributed by atoms with Crippen molar-refractivity contribution in [1.82, 2.24) is 0 Å². The van der Waals surface area contributed by atoms with Crippen molar-refractivity contribution < 1.29 is 4.74 Å². The minimum atomic E-state index is 0.540. The Hall–Kier alpha value is -2.54. The van der Waals surface area contributed by atoms with Crippen molar-refractivity contribution in [3.8, 4) is 0 Å². The molecule has 2 aliphatic carbocycles. The van der Waals surface area contributed by atoms with Crippen LogP contribution >= 0.6 is 0 Å². The molecule has 0 saturated heterocycles. The predicted molar refractivity (Wildman–Crippen MR) is 107 cm³/mol. The Morgan fingerprint density at radius 1 is 1.00 bits per heavy atom. The van der Waals surface area contributed by atoms with Crippen LogP contribution in [0, 0.1) is 5.92 Å². The highest BCUT2D eigenvalue weighted by Crippen LogP contribution is 2.18. The molecule has 3 aliphatic rings. The summed E-state index contributed by atoms with van der Waals surface area (Å²) in [5, 5.41) is 5.77. The third kappa shape index (κ3) is 3.32. The third-order valence-electron chi connectivity index (χ3n) is 5.03. The van der Waals surface area contributed by atoms with Gasteiger partial charge >= 0.3 is 0 Å². The van der Waals surface area contributed by atoms with E-state index in [1.165, 1.54) is 51.6 Å². The summed E-state index contributed by atoms with van der Waals surface area (Å²) in [5.41, 5.74) is 2.89. The molecule has 2 aromatic carbocycles. The van der Waals surface area contributed by atoms with Crippen LogP contribution in [0.25, 0.3) is 29.0 Å². The first kappa shape index (κ1) is 16.0. The summed E-state index contributed by atoms with van der Waals surface area (Å²) in [6.45, 7) is 2.99. The third-order valence-corrected chi connectivity index (χ3v) is 5.03. The van der Waals surface area contributed by atoms with Crippen LogP contribution in [-0.2, 0) is 11.2 Å². The van der Waals surface area contributed by atoms with E-state index in [-0.39, 0.29) is 0 Å². The van der Waals surface area contributed by atoms with Gasteiger partial charge in [-0.3, -0.25) is 0 Å². The summed E-state index contributed by atoms with van der Waals surface area (Å²) >= 11 is 0. The molecule has 0 bridgehead atoms. The summed E-state index contributed by atoms with van der Waals surface area (Å²) in [6, 6.07) is 9.25. The first-order valence-corrected chi connectivity index (χ1v) is 9.21. The summed E-state index contributed by atoms with van der Waals surface area (Å²) in [6.07, 6.45) is 20.6. The van der Waals surface area contributed by atoms with Crippen LogP contribution in [0.3, 0.4) is 0 Å². The molecule has 1 unspecified atom stereocenters. The maximum atomic E-state index is 4.80. The molecule has 126 valence electrons. The number of allylic oxidation sites excluding steroid dienone is 3. The molecule has 0 spiro atoms. The number of aryl methyl sites for hydroxylation is 1. The first-order chi connectivity index (χ1) is 12.3. The van der Waals surface area contributed by atoms with E-state index in [4.69, 9.17) is 4.74 Å². The molecule has 2 aromatic rings. The first-order valence-electron chi connectivity index (χ1n) is 9.21. The quantitative estimate of drug-likeness (QED) is 0.692. The summed E-state index contributed by atoms with van der Waals surface area (Å²) in [4.78, 5) is 0. The molecule has 25 heavy (non-hydrogen) atoms. The molecule has 1 aliphatic heterocycles. The van der Waals surface area contributed by atoms with Crippen LogP contribution in [0.1, 0.15) is 30.9 Å². The van der Waals surface area contributed by atoms with Crippen molar-refractivity contribution in [1.29, 1.82) is 0 Å². The maximum Gasteiger partial charge on any atom is 0.106 e. The topological polar surface area (TPSA) is 9.23 Å². The van der Waals surface area contributed by atoms with Crippen LogP contribution in [0.5, 0.6) is 0 Å². The molecular weight excluding hydrogens is 304 g/mol. The molecule has 1 atom stereocenters. The van der Waals surface area contributed by atoms with Gasteiger partial charge in [0.2, 0.25) is 0 Å². The van der Waals surface area contributed by atoms with Crippen molar-refractivity contribution in [3.05, 3.63) is 76.4 Å². The molecule has 0 amide bonds. The smallest absolute Gasteiger partial charge is 0.106 e. The lowest BCUT2D eigenvalue weighted by atomic mass is 9.90. The SMILES string of the molecule is C1=CCOC=C1.CC1C=Cc2ccc3c4c(ccc3c2=C1)CCCC=4. The molecule has 0 radical (unpaired) electrons. The average molecular weight is 328 g/mol. The zero-order valence-electron chi connectivity index (χ0n) is 14.7. The van der Waals surface area contributed by atoms with Crippen molar-refractivity contribution in [2.24, 2.45) is 5.92 Å². The van der Waals surface area contributed by atoms with E-state index < -0.39 is 0 Å². The summed E-state index contributed by atoms with van der Waals surface area (Å²) in [5.74, 6) is 0.540. The van der Waals surface area contributed by atoms with E-state index in [0.717, 1.165) is 6.61 Å². The van der Waals surface area contributed by atoms with Crippen molar-refractivity contribution in [3.63, 3.8) is 0 Å². The van der Waals surface area contributed by atoms with Crippen LogP contribution < -0.4 is 10.4 Å². The summed E-state index contributed by atoms with van der Waals surface area (Å²) in [7, 11) is 0. The van der Waals surface area contributed by atoms with Crippen LogP contribution in [-0.4, -0.2) is 6.61 Å². The van der Waals surface area contributed by atoms with E-state index in [1.807, 2.05) is 18.2 Å². The molecule has 1 heterocycles. The molecule has 0 N–H and O–H groups in total. The highest BCUT2D eigenvalue weighted by molar-refractivity contribution is 5.88. The van der Waals surface area contributed by atoms with Gasteiger partial charge in [-0.25, -0.2) is 0 Å². The zero-order chi connectivity index (χ0) is 17.1. The normalized spacial score (nSPS) is 19.6. The Morgan fingerprint density at radius 3 is 2.64 bits per heavy atom. The summed E-state index contributed by atoms with van der Waals surface area (Å²) < 4.78 is 4.80. The van der Waals surface area contributed by atoms with Gasteiger partial charge in [0.15, 0.2) is 0 Å². The largest absolute Gasteiger partial charge is 0.497 e. The van der Waals surface area contributed by atoms with Gasteiger partial charge in [-0.15, -0.1) is 0 Å². The second kappa shape index (κ2) is 7.14. The standard InChI is InChI=1S/C19H18.C5H6O/c1-13-6-7-15-9-10-17-16-5-3-2-4-14(16)8-11-18(17)19(15)12-13;1-2-4-6-5-3-1/h5-13H,2-4H2,1H3;1-4H,5H2. The van der Waals surface area contributed by atoms with Gasteiger partial charge in [0, 0.05) is 0 Å². The fraction of sp³-hybridized carbons (Fsp3) is 0.250. The minimum absolute atomic E-state index is 0.540. The monoisotopic (exact) mass is 328 g/mol. The molecule has 1 nitrogen and oxygen atoms in total. The Kier molecular flexibility index (Phi) is 4.56. The van der Waals surface area contributed by atoms with Crippen LogP contribution in [0.15, 0.2) is 54.8 Å². The van der Waals surface area contributed by atoms with Gasteiger partial charge in [-0.1, -0.05) is 61.6 Å². The number of fused-ring (bicyclic) bond motifs is 5. The Morgan fingerprint density at radius 2 is 1.88 bits per heavy atom. The second-order valence-corrected chi connectivity index (χ2v) is 6.87. The number of ether oxygens (including phenoxy) is 1. The Labute approximate surface area is 149 Å². The highest BCUT2D eigenvalue weighted by atomic mass is 16.5. The predicted octanol–water partition coefficient (Wildman–Crippen LogP) is 4.49. The van der Waals surface area contributed by atoms with Gasteiger partial charge in [0.05, 0.1) is 6.26 Å². The number of hydrogen-bond acceptors (Lipinski definition) is 1. The van der Waals surface area contributed by atoms with E-state index in [1.54, 1.807) is 6.26 Å². The average Bonchev–Trinajstić information content (AvgIpc) is 2.69. The molecular formula is C24H24O. The van der Waals surface area contributed by atoms with Gasteiger partial charge in [0.1, 0.15) is 6.61 Å². The molecule has 0 saturated carbocycles. The molecule has 1 heteroatoms. The van der Waals surface area contributed by atoms with Crippen molar-refractivity contribution in [2.75, 3.05) is 6.61 Å². The lowest BCUT2D eigenvalue weighted by Crippen LogP contribution is -2.19. The minimum Gasteiger partial charge on any atom is -0.497 e.